The van der Waals surface area contributed by atoms with Crippen molar-refractivity contribution in [3.05, 3.63) is 71.1 Å². The second-order valence-corrected chi connectivity index (χ2v) is 6.60. The molecule has 1 N–H and O–H groups in total. The van der Waals surface area contributed by atoms with Crippen molar-refractivity contribution in [3.63, 3.8) is 0 Å². The van der Waals surface area contributed by atoms with E-state index >= 15 is 0 Å². The maximum atomic E-state index is 12.7. The van der Waals surface area contributed by atoms with Crippen LogP contribution in [0.5, 0.6) is 5.75 Å². The molecule has 0 unspecified atom stereocenters. The summed E-state index contributed by atoms with van der Waals surface area (Å²) >= 11 is 6.40. The lowest BCUT2D eigenvalue weighted by molar-refractivity contribution is 0.0948. The molecule has 0 aliphatic rings. The first kappa shape index (κ1) is 18.8. The smallest absolute Gasteiger partial charge is 0.255 e. The number of methoxy groups -OCH3 is 1. The van der Waals surface area contributed by atoms with E-state index in [1.165, 1.54) is 7.11 Å². The van der Waals surface area contributed by atoms with Crippen LogP contribution < -0.4 is 15.0 Å². The molecule has 0 radical (unpaired) electrons. The Morgan fingerprint density at radius 2 is 2.00 bits per heavy atom. The molecule has 2 heterocycles. The van der Waals surface area contributed by atoms with Crippen LogP contribution in [-0.4, -0.2) is 36.7 Å². The fourth-order valence-corrected chi connectivity index (χ4v) is 2.94. The number of benzene rings is 1. The second-order valence-electron chi connectivity index (χ2n) is 6.19. The van der Waals surface area contributed by atoms with Gasteiger partial charge in [0.05, 0.1) is 23.4 Å². The molecule has 0 atom stereocenters. The highest BCUT2D eigenvalue weighted by Gasteiger charge is 2.16. The summed E-state index contributed by atoms with van der Waals surface area (Å²) in [5, 5.41) is 3.38. The van der Waals surface area contributed by atoms with Crippen LogP contribution in [-0.2, 0) is 6.54 Å². The first-order valence-corrected chi connectivity index (χ1v) is 8.78. The van der Waals surface area contributed by atoms with Crippen molar-refractivity contribution in [1.82, 2.24) is 14.9 Å². The number of hydrogen-bond acceptors (Lipinski definition) is 4. The Labute approximate surface area is 163 Å². The molecule has 0 saturated heterocycles. The van der Waals surface area contributed by atoms with Crippen molar-refractivity contribution in [2.24, 2.45) is 0 Å². The number of amides is 1. The minimum Gasteiger partial charge on any atom is -0.496 e. The molecule has 6 nitrogen and oxygen atoms in total. The fraction of sp³-hybridized carbons (Fsp3) is 0.200. The topological polar surface area (TPSA) is 59.4 Å². The van der Waals surface area contributed by atoms with E-state index in [4.69, 9.17) is 16.3 Å². The first-order valence-electron chi connectivity index (χ1n) is 8.41. The van der Waals surface area contributed by atoms with Crippen LogP contribution in [0, 0.1) is 0 Å². The number of rotatable bonds is 6. The molecule has 7 heteroatoms. The van der Waals surface area contributed by atoms with Gasteiger partial charge in [0.1, 0.15) is 11.6 Å². The van der Waals surface area contributed by atoms with E-state index in [0.717, 1.165) is 17.1 Å². The van der Waals surface area contributed by atoms with Gasteiger partial charge in [-0.3, -0.25) is 4.79 Å². The summed E-state index contributed by atoms with van der Waals surface area (Å²) < 4.78 is 7.28. The van der Waals surface area contributed by atoms with Gasteiger partial charge in [-0.25, -0.2) is 4.98 Å². The third kappa shape index (κ3) is 4.23. The molecule has 3 rings (SSSR count). The molecule has 140 valence electrons. The molecule has 0 aliphatic heterocycles. The van der Waals surface area contributed by atoms with Gasteiger partial charge in [0.2, 0.25) is 0 Å². The Bertz CT molecular complexity index is 939. The number of halogens is 1. The highest BCUT2D eigenvalue weighted by molar-refractivity contribution is 6.33. The summed E-state index contributed by atoms with van der Waals surface area (Å²) in [7, 11) is 5.37. The zero-order valence-electron chi connectivity index (χ0n) is 15.4. The van der Waals surface area contributed by atoms with Gasteiger partial charge < -0.3 is 19.5 Å². The molecule has 0 aliphatic carbocycles. The maximum absolute atomic E-state index is 12.7. The molecule has 3 aromatic rings. The predicted molar refractivity (Wildman–Crippen MR) is 107 cm³/mol. The average Bonchev–Trinajstić information content (AvgIpc) is 3.20. The summed E-state index contributed by atoms with van der Waals surface area (Å²) in [5.74, 6) is 1.04. The van der Waals surface area contributed by atoms with Gasteiger partial charge in [0.15, 0.2) is 0 Å². The van der Waals surface area contributed by atoms with E-state index in [1.54, 1.807) is 18.3 Å². The number of nitrogens with zero attached hydrogens (tertiary/aromatic N) is 3. The van der Waals surface area contributed by atoms with Crippen molar-refractivity contribution >= 4 is 23.3 Å². The van der Waals surface area contributed by atoms with Crippen LogP contribution in [0.4, 0.5) is 5.82 Å². The molecule has 1 aromatic carbocycles. The van der Waals surface area contributed by atoms with Crippen LogP contribution >= 0.6 is 11.6 Å². The Kier molecular flexibility index (Phi) is 5.66. The van der Waals surface area contributed by atoms with Gasteiger partial charge in [0.25, 0.3) is 5.91 Å². The van der Waals surface area contributed by atoms with Crippen LogP contribution in [0.3, 0.4) is 0 Å². The molecular formula is C20H21ClN4O2. The van der Waals surface area contributed by atoms with Crippen molar-refractivity contribution in [1.29, 1.82) is 0 Å². The quantitative estimate of drug-likeness (QED) is 0.706. The minimum absolute atomic E-state index is 0.254. The minimum atomic E-state index is -0.254. The molecule has 0 bridgehead atoms. The fourth-order valence-electron chi connectivity index (χ4n) is 2.67. The van der Waals surface area contributed by atoms with Crippen LogP contribution in [0.2, 0.25) is 5.02 Å². The van der Waals surface area contributed by atoms with Gasteiger partial charge in [0, 0.05) is 45.3 Å². The number of aromatic nitrogens is 2. The van der Waals surface area contributed by atoms with Gasteiger partial charge in [-0.2, -0.15) is 0 Å². The highest BCUT2D eigenvalue weighted by Crippen LogP contribution is 2.30. The van der Waals surface area contributed by atoms with E-state index in [9.17, 15) is 4.79 Å². The standard InChI is InChI=1S/C20H21ClN4O2/c1-24(2)19-10-14(6-7-22-19)13-23-20(26)15-11-16(21)17(12-18(15)27-3)25-8-4-5-9-25/h4-12H,13H2,1-3H3,(H,23,26). The molecule has 2 aromatic heterocycles. The van der Waals surface area contributed by atoms with Crippen molar-refractivity contribution in [3.8, 4) is 11.4 Å². The van der Waals surface area contributed by atoms with E-state index in [-0.39, 0.29) is 5.91 Å². The SMILES string of the molecule is COc1cc(-n2cccc2)c(Cl)cc1C(=O)NCc1ccnc(N(C)C)c1. The molecule has 0 spiro atoms. The normalized spacial score (nSPS) is 10.5. The maximum Gasteiger partial charge on any atom is 0.255 e. The number of nitrogens with one attached hydrogen (secondary N) is 1. The number of ether oxygens (including phenoxy) is 1. The summed E-state index contributed by atoms with van der Waals surface area (Å²) in [6.45, 7) is 0.377. The van der Waals surface area contributed by atoms with Gasteiger partial charge in [-0.15, -0.1) is 0 Å². The van der Waals surface area contributed by atoms with E-state index < -0.39 is 0 Å². The van der Waals surface area contributed by atoms with E-state index in [0.29, 0.717) is 22.9 Å². The Balaban J connectivity index is 1.80. The summed E-state index contributed by atoms with van der Waals surface area (Å²) in [6, 6.07) is 11.0. The number of pyridine rings is 1. The number of carbonyl (C=O) groups is 1. The molecule has 0 fully saturated rings. The zero-order chi connectivity index (χ0) is 19.4. The van der Waals surface area contributed by atoms with E-state index in [2.05, 4.69) is 10.3 Å². The predicted octanol–water partition coefficient (Wildman–Crippen LogP) is 3.53. The summed E-state index contributed by atoms with van der Waals surface area (Å²) in [4.78, 5) is 18.9. The van der Waals surface area contributed by atoms with Crippen LogP contribution in [0.1, 0.15) is 15.9 Å². The Morgan fingerprint density at radius 1 is 1.26 bits per heavy atom. The molecule has 1 amide bonds. The Hall–Kier alpha value is -2.99. The average molecular weight is 385 g/mol. The van der Waals surface area contributed by atoms with Crippen molar-refractivity contribution in [2.75, 3.05) is 26.1 Å². The van der Waals surface area contributed by atoms with Gasteiger partial charge in [-0.05, 0) is 35.9 Å². The Morgan fingerprint density at radius 3 is 2.67 bits per heavy atom. The van der Waals surface area contributed by atoms with Gasteiger partial charge in [-0.1, -0.05) is 11.6 Å². The molecule has 0 saturated carbocycles. The second kappa shape index (κ2) is 8.14. The largest absolute Gasteiger partial charge is 0.496 e. The monoisotopic (exact) mass is 384 g/mol. The molecule has 27 heavy (non-hydrogen) atoms. The summed E-state index contributed by atoms with van der Waals surface area (Å²) in [6.07, 6.45) is 5.48. The lowest BCUT2D eigenvalue weighted by Crippen LogP contribution is -2.24. The van der Waals surface area contributed by atoms with Crippen molar-refractivity contribution in [2.45, 2.75) is 6.54 Å². The number of anilines is 1. The lowest BCUT2D eigenvalue weighted by Gasteiger charge is -2.14. The third-order valence-electron chi connectivity index (χ3n) is 4.12. The number of carbonyl (C=O) groups excluding carboxylic acids is 1. The first-order chi connectivity index (χ1) is 13.0. The third-order valence-corrected chi connectivity index (χ3v) is 4.42. The van der Waals surface area contributed by atoms with Crippen molar-refractivity contribution < 1.29 is 9.53 Å². The highest BCUT2D eigenvalue weighted by atomic mass is 35.5. The summed E-state index contributed by atoms with van der Waals surface area (Å²) in [5.41, 5.74) is 2.09. The number of hydrogen-bond donors (Lipinski definition) is 1. The van der Waals surface area contributed by atoms with E-state index in [1.807, 2.05) is 60.2 Å². The van der Waals surface area contributed by atoms with Crippen LogP contribution in [0.25, 0.3) is 5.69 Å². The van der Waals surface area contributed by atoms with Gasteiger partial charge >= 0.3 is 0 Å². The lowest BCUT2D eigenvalue weighted by atomic mass is 10.1. The molecular weight excluding hydrogens is 364 g/mol. The zero-order valence-corrected chi connectivity index (χ0v) is 16.2. The van der Waals surface area contributed by atoms with Crippen LogP contribution in [0.15, 0.2) is 55.0 Å².